The van der Waals surface area contributed by atoms with Crippen LogP contribution in [0.25, 0.3) is 0 Å². The predicted molar refractivity (Wildman–Crippen MR) is 97.4 cm³/mol. The number of amides is 1. The van der Waals surface area contributed by atoms with E-state index in [0.29, 0.717) is 26.3 Å². The van der Waals surface area contributed by atoms with Crippen LogP contribution in [-0.4, -0.2) is 47.2 Å². The summed E-state index contributed by atoms with van der Waals surface area (Å²) in [6, 6.07) is 9.98. The SMILES string of the molecule is O=C(Cc1ccc(F)cc1)N1CC2(CC(OCc3cccnc3)CCO2)C1. The van der Waals surface area contributed by atoms with Crippen LogP contribution in [0.1, 0.15) is 24.0 Å². The Labute approximate surface area is 158 Å². The molecule has 5 nitrogen and oxygen atoms in total. The van der Waals surface area contributed by atoms with Crippen molar-refractivity contribution in [1.29, 1.82) is 0 Å². The summed E-state index contributed by atoms with van der Waals surface area (Å²) in [6.07, 6.45) is 5.65. The topological polar surface area (TPSA) is 51.7 Å². The van der Waals surface area contributed by atoms with Gasteiger partial charge in [0.1, 0.15) is 11.4 Å². The van der Waals surface area contributed by atoms with Crippen LogP contribution in [0.2, 0.25) is 0 Å². The molecule has 1 aromatic carbocycles. The summed E-state index contributed by atoms with van der Waals surface area (Å²) < 4.78 is 25.0. The van der Waals surface area contributed by atoms with Crippen molar-refractivity contribution in [3.05, 3.63) is 65.7 Å². The van der Waals surface area contributed by atoms with Crippen LogP contribution in [0, 0.1) is 5.82 Å². The summed E-state index contributed by atoms with van der Waals surface area (Å²) in [7, 11) is 0. The minimum atomic E-state index is -0.290. The molecule has 2 fully saturated rings. The second-order valence-corrected chi connectivity index (χ2v) is 7.37. The van der Waals surface area contributed by atoms with Gasteiger partial charge in [-0.15, -0.1) is 0 Å². The molecule has 1 atom stereocenters. The molecule has 0 bridgehead atoms. The van der Waals surface area contributed by atoms with Crippen molar-refractivity contribution in [3.8, 4) is 0 Å². The van der Waals surface area contributed by atoms with Gasteiger partial charge in [-0.05, 0) is 35.7 Å². The molecule has 2 aromatic rings. The third kappa shape index (κ3) is 4.34. The van der Waals surface area contributed by atoms with Gasteiger partial charge in [0.15, 0.2) is 0 Å². The first kappa shape index (κ1) is 18.1. The monoisotopic (exact) mass is 370 g/mol. The Morgan fingerprint density at radius 1 is 1.26 bits per heavy atom. The largest absolute Gasteiger partial charge is 0.373 e. The lowest BCUT2D eigenvalue weighted by molar-refractivity contribution is -0.202. The molecule has 1 aromatic heterocycles. The maximum atomic E-state index is 13.0. The van der Waals surface area contributed by atoms with Gasteiger partial charge in [-0.3, -0.25) is 9.78 Å². The smallest absolute Gasteiger partial charge is 0.227 e. The summed E-state index contributed by atoms with van der Waals surface area (Å²) in [5.74, 6) is -0.240. The Hall–Kier alpha value is -2.31. The average molecular weight is 370 g/mol. The summed E-state index contributed by atoms with van der Waals surface area (Å²) in [4.78, 5) is 18.4. The van der Waals surface area contributed by atoms with Crippen LogP contribution in [0.15, 0.2) is 48.8 Å². The number of nitrogens with zero attached hydrogens (tertiary/aromatic N) is 2. The number of rotatable bonds is 5. The van der Waals surface area contributed by atoms with Gasteiger partial charge >= 0.3 is 0 Å². The molecule has 3 heterocycles. The van der Waals surface area contributed by atoms with E-state index in [2.05, 4.69) is 4.98 Å². The number of carbonyl (C=O) groups excluding carboxylic acids is 1. The molecule has 27 heavy (non-hydrogen) atoms. The molecule has 142 valence electrons. The Bertz CT molecular complexity index is 776. The zero-order chi connectivity index (χ0) is 18.7. The predicted octanol–water partition coefficient (Wildman–Crippen LogP) is 2.74. The number of likely N-dealkylation sites (tertiary alicyclic amines) is 1. The molecule has 0 saturated carbocycles. The third-order valence-electron chi connectivity index (χ3n) is 5.24. The van der Waals surface area contributed by atoms with Crippen molar-refractivity contribution >= 4 is 5.91 Å². The first-order chi connectivity index (χ1) is 13.1. The van der Waals surface area contributed by atoms with Crippen molar-refractivity contribution in [3.63, 3.8) is 0 Å². The third-order valence-corrected chi connectivity index (χ3v) is 5.24. The van der Waals surface area contributed by atoms with Gasteiger partial charge in [0.2, 0.25) is 5.91 Å². The molecule has 0 radical (unpaired) electrons. The Balaban J connectivity index is 1.26. The summed E-state index contributed by atoms with van der Waals surface area (Å²) >= 11 is 0. The second kappa shape index (κ2) is 7.74. The zero-order valence-electron chi connectivity index (χ0n) is 15.1. The van der Waals surface area contributed by atoms with E-state index in [1.54, 1.807) is 18.3 Å². The van der Waals surface area contributed by atoms with Gasteiger partial charge in [-0.25, -0.2) is 4.39 Å². The molecule has 2 aliphatic rings. The lowest BCUT2D eigenvalue weighted by Gasteiger charge is -2.53. The minimum Gasteiger partial charge on any atom is -0.373 e. The molecular formula is C21H23FN2O3. The number of hydrogen-bond acceptors (Lipinski definition) is 4. The van der Waals surface area contributed by atoms with E-state index in [1.807, 2.05) is 23.2 Å². The van der Waals surface area contributed by atoms with Crippen molar-refractivity contribution in [2.75, 3.05) is 19.7 Å². The maximum Gasteiger partial charge on any atom is 0.227 e. The average Bonchev–Trinajstić information content (AvgIpc) is 2.67. The highest BCUT2D eigenvalue weighted by Gasteiger charge is 2.49. The zero-order valence-corrected chi connectivity index (χ0v) is 15.1. The van der Waals surface area contributed by atoms with Crippen molar-refractivity contribution in [2.45, 2.75) is 37.6 Å². The van der Waals surface area contributed by atoms with E-state index in [1.165, 1.54) is 12.1 Å². The van der Waals surface area contributed by atoms with E-state index < -0.39 is 0 Å². The van der Waals surface area contributed by atoms with Crippen LogP contribution >= 0.6 is 0 Å². The van der Waals surface area contributed by atoms with Gasteiger partial charge in [-0.2, -0.15) is 0 Å². The molecule has 1 spiro atoms. The maximum absolute atomic E-state index is 13.0. The van der Waals surface area contributed by atoms with Crippen molar-refractivity contribution in [1.82, 2.24) is 9.88 Å². The van der Waals surface area contributed by atoms with Gasteiger partial charge < -0.3 is 14.4 Å². The molecule has 6 heteroatoms. The van der Waals surface area contributed by atoms with E-state index >= 15 is 0 Å². The summed E-state index contributed by atoms with van der Waals surface area (Å²) in [6.45, 7) is 2.39. The van der Waals surface area contributed by atoms with E-state index in [9.17, 15) is 9.18 Å². The standard InChI is InChI=1S/C21H23FN2O3/c22-18-5-3-16(4-6-18)10-20(25)24-14-21(15-24)11-19(7-9-27-21)26-13-17-2-1-8-23-12-17/h1-6,8,12,19H,7,9-11,13-15H2. The van der Waals surface area contributed by atoms with E-state index in [4.69, 9.17) is 9.47 Å². The fourth-order valence-corrected chi connectivity index (χ4v) is 3.76. The molecule has 1 unspecified atom stereocenters. The molecule has 0 aliphatic carbocycles. The minimum absolute atomic E-state index is 0.0502. The van der Waals surface area contributed by atoms with Gasteiger partial charge in [0.05, 0.1) is 32.2 Å². The van der Waals surface area contributed by atoms with Crippen LogP contribution in [0.3, 0.4) is 0 Å². The number of aromatic nitrogens is 1. The summed E-state index contributed by atoms with van der Waals surface area (Å²) in [5.41, 5.74) is 1.60. The van der Waals surface area contributed by atoms with Crippen LogP contribution in [0.5, 0.6) is 0 Å². The number of benzene rings is 1. The Morgan fingerprint density at radius 3 is 2.81 bits per heavy atom. The highest BCUT2D eigenvalue weighted by molar-refractivity contribution is 5.80. The quantitative estimate of drug-likeness (QED) is 0.812. The number of halogens is 1. The van der Waals surface area contributed by atoms with Gasteiger partial charge in [0.25, 0.3) is 0 Å². The highest BCUT2D eigenvalue weighted by atomic mass is 19.1. The van der Waals surface area contributed by atoms with Crippen molar-refractivity contribution in [2.24, 2.45) is 0 Å². The first-order valence-electron chi connectivity index (χ1n) is 9.29. The van der Waals surface area contributed by atoms with Gasteiger partial charge in [-0.1, -0.05) is 18.2 Å². The molecular weight excluding hydrogens is 347 g/mol. The molecule has 2 saturated heterocycles. The van der Waals surface area contributed by atoms with Crippen LogP contribution in [0.4, 0.5) is 4.39 Å². The lowest BCUT2D eigenvalue weighted by atomic mass is 9.84. The molecule has 2 aliphatic heterocycles. The van der Waals surface area contributed by atoms with Crippen molar-refractivity contribution < 1.29 is 18.7 Å². The normalized spacial score (nSPS) is 21.1. The fourth-order valence-electron chi connectivity index (χ4n) is 3.76. The number of ether oxygens (including phenoxy) is 2. The number of carbonyl (C=O) groups is 1. The van der Waals surface area contributed by atoms with E-state index in [0.717, 1.165) is 24.0 Å². The first-order valence-corrected chi connectivity index (χ1v) is 9.29. The lowest BCUT2D eigenvalue weighted by Crippen LogP contribution is -2.67. The summed E-state index contributed by atoms with van der Waals surface area (Å²) in [5, 5.41) is 0. The molecule has 1 amide bonds. The fraction of sp³-hybridized carbons (Fsp3) is 0.429. The Kier molecular flexibility index (Phi) is 5.18. The molecule has 0 N–H and O–H groups in total. The van der Waals surface area contributed by atoms with Gasteiger partial charge in [0, 0.05) is 25.4 Å². The number of pyridine rings is 1. The number of hydrogen-bond donors (Lipinski definition) is 0. The van der Waals surface area contributed by atoms with Crippen LogP contribution in [-0.2, 0) is 27.3 Å². The van der Waals surface area contributed by atoms with Crippen LogP contribution < -0.4 is 0 Å². The molecule has 4 rings (SSSR count). The highest BCUT2D eigenvalue weighted by Crippen LogP contribution is 2.35. The Morgan fingerprint density at radius 2 is 2.07 bits per heavy atom. The van der Waals surface area contributed by atoms with E-state index in [-0.39, 0.29) is 29.9 Å². The second-order valence-electron chi connectivity index (χ2n) is 7.37.